The third-order valence-electron chi connectivity index (χ3n) is 4.76. The van der Waals surface area contributed by atoms with Gasteiger partial charge in [-0.15, -0.1) is 0 Å². The number of fused-ring (bicyclic) bond motifs is 1. The van der Waals surface area contributed by atoms with Crippen LogP contribution in [0.1, 0.15) is 16.7 Å². The van der Waals surface area contributed by atoms with Gasteiger partial charge < -0.3 is 15.6 Å². The highest BCUT2D eigenvalue weighted by molar-refractivity contribution is 5.83. The van der Waals surface area contributed by atoms with Crippen LogP contribution in [0.4, 0.5) is 30.6 Å². The molecule has 0 aliphatic carbocycles. The standard InChI is InChI=1S/C21H19F3N7O2/c1-33-31(32)16-7-5-13(6-8-16)10-25-18-17-19(28-12-27-17)30-20(29-18)26-11-14-3-2-4-15(9-14)21(22,23)24/h2-9,12H,10-11H2,1H3,(H3,25,26,27,28,29,30)/q+1. The van der Waals surface area contributed by atoms with Gasteiger partial charge in [0.1, 0.15) is 5.52 Å². The number of rotatable bonds is 8. The molecule has 2 aromatic heterocycles. The number of alkyl halides is 3. The summed E-state index contributed by atoms with van der Waals surface area (Å²) in [4.78, 5) is 32.3. The van der Waals surface area contributed by atoms with Gasteiger partial charge in [-0.25, -0.2) is 9.82 Å². The molecule has 4 aromatic rings. The molecule has 0 atom stereocenters. The zero-order chi connectivity index (χ0) is 23.4. The van der Waals surface area contributed by atoms with E-state index < -0.39 is 11.7 Å². The molecule has 0 aliphatic rings. The molecule has 0 fully saturated rings. The third kappa shape index (κ3) is 5.17. The highest BCUT2D eigenvalue weighted by Crippen LogP contribution is 2.29. The van der Waals surface area contributed by atoms with Crippen molar-refractivity contribution in [2.75, 3.05) is 17.7 Å². The highest BCUT2D eigenvalue weighted by Gasteiger charge is 2.30. The lowest BCUT2D eigenvalue weighted by Gasteiger charge is -2.11. The van der Waals surface area contributed by atoms with Crippen molar-refractivity contribution < 1.29 is 22.9 Å². The summed E-state index contributed by atoms with van der Waals surface area (Å²) in [5, 5.41) is 6.13. The summed E-state index contributed by atoms with van der Waals surface area (Å²) >= 11 is 0. The molecule has 0 saturated heterocycles. The van der Waals surface area contributed by atoms with Gasteiger partial charge in [0, 0.05) is 25.2 Å². The van der Waals surface area contributed by atoms with Crippen LogP contribution in [0.3, 0.4) is 0 Å². The zero-order valence-corrected chi connectivity index (χ0v) is 17.3. The molecule has 0 aliphatic heterocycles. The van der Waals surface area contributed by atoms with Crippen LogP contribution >= 0.6 is 0 Å². The summed E-state index contributed by atoms with van der Waals surface area (Å²) in [6, 6.07) is 11.8. The Morgan fingerprint density at radius 3 is 2.52 bits per heavy atom. The van der Waals surface area contributed by atoms with E-state index in [2.05, 4.69) is 35.4 Å². The first-order chi connectivity index (χ1) is 15.8. The van der Waals surface area contributed by atoms with Crippen LogP contribution in [0.2, 0.25) is 0 Å². The number of H-pyrrole nitrogens is 1. The minimum atomic E-state index is -4.41. The second kappa shape index (κ2) is 9.10. The molecule has 9 nitrogen and oxygen atoms in total. The molecule has 0 saturated carbocycles. The van der Waals surface area contributed by atoms with Crippen molar-refractivity contribution in [3.05, 3.63) is 76.5 Å². The second-order valence-corrected chi connectivity index (χ2v) is 7.01. The molecular weight excluding hydrogens is 439 g/mol. The molecular formula is C21H19F3N7O2+. The van der Waals surface area contributed by atoms with Crippen molar-refractivity contribution in [1.82, 2.24) is 19.9 Å². The Balaban J connectivity index is 1.48. The first kappa shape index (κ1) is 22.0. The van der Waals surface area contributed by atoms with E-state index in [9.17, 15) is 18.1 Å². The van der Waals surface area contributed by atoms with E-state index in [0.717, 1.165) is 17.7 Å². The van der Waals surface area contributed by atoms with Crippen molar-refractivity contribution in [1.29, 1.82) is 0 Å². The van der Waals surface area contributed by atoms with Gasteiger partial charge in [-0.2, -0.15) is 23.1 Å². The number of benzene rings is 2. The van der Waals surface area contributed by atoms with Crippen molar-refractivity contribution in [3.8, 4) is 0 Å². The summed E-state index contributed by atoms with van der Waals surface area (Å²) in [6.07, 6.45) is -2.93. The number of hydrogen-bond donors (Lipinski definition) is 3. The summed E-state index contributed by atoms with van der Waals surface area (Å²) < 4.78 is 38.8. The Labute approximate surface area is 185 Å². The molecule has 0 bridgehead atoms. The quantitative estimate of drug-likeness (QED) is 0.332. The number of nitrogens with one attached hydrogen (secondary N) is 3. The number of aromatic nitrogens is 4. The van der Waals surface area contributed by atoms with Gasteiger partial charge in [-0.3, -0.25) is 0 Å². The summed E-state index contributed by atoms with van der Waals surface area (Å²) in [5.41, 5.74) is 1.95. The van der Waals surface area contributed by atoms with Gasteiger partial charge >= 0.3 is 11.9 Å². The average molecular weight is 458 g/mol. The topological polar surface area (TPSA) is 108 Å². The number of aromatic amines is 1. The predicted octanol–water partition coefficient (Wildman–Crippen LogP) is 4.57. The summed E-state index contributed by atoms with van der Waals surface area (Å²) in [7, 11) is 1.28. The molecule has 0 spiro atoms. The Morgan fingerprint density at radius 2 is 1.79 bits per heavy atom. The molecule has 3 N–H and O–H groups in total. The number of hydrogen-bond acceptors (Lipinski definition) is 7. The third-order valence-corrected chi connectivity index (χ3v) is 4.76. The molecule has 0 unspecified atom stereocenters. The zero-order valence-electron chi connectivity index (χ0n) is 17.3. The van der Waals surface area contributed by atoms with Crippen LogP contribution in [0.5, 0.6) is 0 Å². The van der Waals surface area contributed by atoms with E-state index in [1.54, 1.807) is 30.3 Å². The van der Waals surface area contributed by atoms with Crippen molar-refractivity contribution in [2.24, 2.45) is 0 Å². The summed E-state index contributed by atoms with van der Waals surface area (Å²) in [5.74, 6) is 0.670. The minimum absolute atomic E-state index is 0.107. The monoisotopic (exact) mass is 458 g/mol. The van der Waals surface area contributed by atoms with Gasteiger partial charge in [0.2, 0.25) is 5.95 Å². The van der Waals surface area contributed by atoms with E-state index in [-0.39, 0.29) is 12.5 Å². The van der Waals surface area contributed by atoms with Crippen LogP contribution in [0, 0.1) is 4.91 Å². The molecule has 0 radical (unpaired) electrons. The van der Waals surface area contributed by atoms with Crippen LogP contribution in [0.15, 0.2) is 54.9 Å². The Bertz CT molecular complexity index is 1270. The normalized spacial score (nSPS) is 11.4. The Kier molecular flexibility index (Phi) is 6.07. The SMILES string of the molecule is CO[N+](=O)c1ccc(CNc2nc(NCc3cccc(C(F)(F)F)c3)nc3[nH]cnc23)cc1. The van der Waals surface area contributed by atoms with Crippen molar-refractivity contribution in [2.45, 2.75) is 19.3 Å². The van der Waals surface area contributed by atoms with E-state index in [1.165, 1.54) is 19.5 Å². The number of halogens is 3. The van der Waals surface area contributed by atoms with Gasteiger partial charge in [0.05, 0.1) is 16.8 Å². The van der Waals surface area contributed by atoms with Crippen LogP contribution in [-0.2, 0) is 24.1 Å². The average Bonchev–Trinajstić information content (AvgIpc) is 3.29. The fourth-order valence-electron chi connectivity index (χ4n) is 3.10. The molecule has 170 valence electrons. The van der Waals surface area contributed by atoms with Gasteiger partial charge in [-0.1, -0.05) is 24.3 Å². The first-order valence-electron chi connectivity index (χ1n) is 9.79. The Hall–Kier alpha value is -4.22. The van der Waals surface area contributed by atoms with Crippen LogP contribution in [-0.4, -0.2) is 32.0 Å². The largest absolute Gasteiger partial charge is 0.416 e. The fraction of sp³-hybridized carbons (Fsp3) is 0.190. The lowest BCUT2D eigenvalue weighted by atomic mass is 10.1. The second-order valence-electron chi connectivity index (χ2n) is 7.01. The maximum Gasteiger partial charge on any atom is 0.416 e. The Morgan fingerprint density at radius 1 is 1.03 bits per heavy atom. The predicted molar refractivity (Wildman–Crippen MR) is 115 cm³/mol. The first-order valence-corrected chi connectivity index (χ1v) is 9.79. The van der Waals surface area contributed by atoms with Gasteiger partial charge in [0.15, 0.2) is 18.6 Å². The maximum absolute atomic E-state index is 12.9. The highest BCUT2D eigenvalue weighted by atomic mass is 19.4. The van der Waals surface area contributed by atoms with Gasteiger partial charge in [0.25, 0.3) is 4.92 Å². The lowest BCUT2D eigenvalue weighted by molar-refractivity contribution is -0.736. The van der Waals surface area contributed by atoms with E-state index in [1.807, 2.05) is 0 Å². The number of imidazole rings is 1. The molecule has 0 amide bonds. The van der Waals surface area contributed by atoms with Gasteiger partial charge in [-0.05, 0) is 23.3 Å². The van der Waals surface area contributed by atoms with E-state index in [0.29, 0.717) is 39.7 Å². The molecule has 33 heavy (non-hydrogen) atoms. The van der Waals surface area contributed by atoms with Crippen LogP contribution in [0.25, 0.3) is 11.2 Å². The molecule has 2 aromatic carbocycles. The number of nitrogens with zero attached hydrogens (tertiary/aromatic N) is 4. The van der Waals surface area contributed by atoms with Crippen LogP contribution < -0.4 is 10.6 Å². The molecule has 2 heterocycles. The summed E-state index contributed by atoms with van der Waals surface area (Å²) in [6.45, 7) is 0.494. The lowest BCUT2D eigenvalue weighted by Crippen LogP contribution is -2.09. The van der Waals surface area contributed by atoms with E-state index >= 15 is 0 Å². The number of anilines is 2. The molecule has 12 heteroatoms. The molecule has 4 rings (SSSR count). The minimum Gasteiger partial charge on any atom is -0.364 e. The van der Waals surface area contributed by atoms with Crippen molar-refractivity contribution in [3.63, 3.8) is 0 Å². The van der Waals surface area contributed by atoms with Crippen molar-refractivity contribution >= 4 is 28.6 Å². The maximum atomic E-state index is 12.9. The smallest absolute Gasteiger partial charge is 0.364 e. The van der Waals surface area contributed by atoms with E-state index in [4.69, 9.17) is 0 Å². The fourth-order valence-corrected chi connectivity index (χ4v) is 3.10.